The van der Waals surface area contributed by atoms with Crippen LogP contribution in [0.5, 0.6) is 5.88 Å². The van der Waals surface area contributed by atoms with Crippen molar-refractivity contribution in [2.24, 2.45) is 5.18 Å². The van der Waals surface area contributed by atoms with E-state index in [9.17, 15) is 23.2 Å². The number of alkyl halides is 3. The van der Waals surface area contributed by atoms with Gasteiger partial charge in [-0.1, -0.05) is 6.07 Å². The third-order valence-corrected chi connectivity index (χ3v) is 2.18. The van der Waals surface area contributed by atoms with Crippen molar-refractivity contribution < 1.29 is 18.3 Å². The van der Waals surface area contributed by atoms with Gasteiger partial charge in [0.2, 0.25) is 5.88 Å². The zero-order valence-corrected chi connectivity index (χ0v) is 7.67. The van der Waals surface area contributed by atoms with E-state index in [4.69, 9.17) is 0 Å². The van der Waals surface area contributed by atoms with Crippen LogP contribution in [0.25, 0.3) is 10.9 Å². The molecule has 1 aromatic carbocycles. The van der Waals surface area contributed by atoms with Crippen molar-refractivity contribution in [1.82, 2.24) is 4.98 Å². The van der Waals surface area contributed by atoms with Crippen molar-refractivity contribution in [1.29, 1.82) is 0 Å². The quantitative estimate of drug-likeness (QED) is 0.738. The summed E-state index contributed by atoms with van der Waals surface area (Å²) in [6.45, 7) is 0. The summed E-state index contributed by atoms with van der Waals surface area (Å²) in [6.07, 6.45) is -4.60. The van der Waals surface area contributed by atoms with E-state index in [0.717, 1.165) is 6.07 Å². The number of halogens is 3. The molecule has 0 atom stereocenters. The van der Waals surface area contributed by atoms with Gasteiger partial charge in [0.15, 0.2) is 5.69 Å². The summed E-state index contributed by atoms with van der Waals surface area (Å²) >= 11 is 0. The Morgan fingerprint density at radius 3 is 2.56 bits per heavy atom. The number of nitrogens with zero attached hydrogens (tertiary/aromatic N) is 1. The number of rotatable bonds is 1. The number of fused-ring (bicyclic) bond motifs is 1. The average molecular weight is 230 g/mol. The molecular formula is C9H5F3N2O2. The summed E-state index contributed by atoms with van der Waals surface area (Å²) in [5.41, 5.74) is -1.61. The molecule has 0 fully saturated rings. The van der Waals surface area contributed by atoms with Gasteiger partial charge < -0.3 is 10.1 Å². The van der Waals surface area contributed by atoms with Crippen molar-refractivity contribution in [2.45, 2.75) is 6.18 Å². The summed E-state index contributed by atoms with van der Waals surface area (Å²) in [7, 11) is 0. The lowest BCUT2D eigenvalue weighted by Crippen LogP contribution is -2.04. The second kappa shape index (κ2) is 3.22. The highest BCUT2D eigenvalue weighted by Gasteiger charge is 2.34. The molecule has 1 heterocycles. The minimum atomic E-state index is -4.60. The Labute approximate surface area is 86.7 Å². The molecule has 2 N–H and O–H groups in total. The molecule has 0 aliphatic carbocycles. The molecule has 0 amide bonds. The fraction of sp³-hybridized carbons (Fsp3) is 0.111. The van der Waals surface area contributed by atoms with Crippen LogP contribution in [-0.2, 0) is 6.18 Å². The molecule has 7 heteroatoms. The molecule has 4 nitrogen and oxygen atoms in total. The third-order valence-electron chi connectivity index (χ3n) is 2.18. The predicted octanol–water partition coefficient (Wildman–Crippen LogP) is 3.29. The normalized spacial score (nSPS) is 11.9. The number of aromatic hydroxyl groups is 1. The Bertz CT molecular complexity index is 560. The molecule has 16 heavy (non-hydrogen) atoms. The molecule has 1 aromatic heterocycles. The van der Waals surface area contributed by atoms with E-state index < -0.39 is 28.7 Å². The van der Waals surface area contributed by atoms with Gasteiger partial charge in [0, 0.05) is 5.39 Å². The summed E-state index contributed by atoms with van der Waals surface area (Å²) in [4.78, 5) is 12.6. The molecule has 0 aliphatic heterocycles. The topological polar surface area (TPSA) is 65.4 Å². The zero-order valence-electron chi connectivity index (χ0n) is 7.67. The van der Waals surface area contributed by atoms with Crippen LogP contribution >= 0.6 is 0 Å². The molecule has 2 rings (SSSR count). The van der Waals surface area contributed by atoms with Crippen molar-refractivity contribution in [2.75, 3.05) is 0 Å². The van der Waals surface area contributed by atoms with Gasteiger partial charge in [0.25, 0.3) is 0 Å². The van der Waals surface area contributed by atoms with Gasteiger partial charge in [0.1, 0.15) is 0 Å². The maximum Gasteiger partial charge on any atom is 0.417 e. The predicted molar refractivity (Wildman–Crippen MR) is 50.4 cm³/mol. The number of nitrogens with one attached hydrogen (secondary N) is 1. The maximum atomic E-state index is 12.6. The lowest BCUT2D eigenvalue weighted by atomic mass is 10.1. The molecule has 0 aliphatic rings. The molecule has 84 valence electrons. The van der Waals surface area contributed by atoms with E-state index in [0.29, 0.717) is 0 Å². The lowest BCUT2D eigenvalue weighted by Gasteiger charge is -2.07. The van der Waals surface area contributed by atoms with E-state index in [1.165, 1.54) is 12.1 Å². The van der Waals surface area contributed by atoms with Crippen LogP contribution in [0.1, 0.15) is 5.56 Å². The molecule has 2 aromatic rings. The minimum Gasteiger partial charge on any atom is -0.493 e. The van der Waals surface area contributed by atoms with Crippen LogP contribution in [0, 0.1) is 4.91 Å². The van der Waals surface area contributed by atoms with Crippen LogP contribution in [0.15, 0.2) is 23.4 Å². The van der Waals surface area contributed by atoms with Gasteiger partial charge in [-0.25, -0.2) is 0 Å². The molecule has 0 saturated carbocycles. The number of nitroso groups, excluding NO2 is 1. The van der Waals surface area contributed by atoms with Gasteiger partial charge in [-0.2, -0.15) is 13.2 Å². The second-order valence-corrected chi connectivity index (χ2v) is 3.14. The average Bonchev–Trinajstić information content (AvgIpc) is 2.51. The van der Waals surface area contributed by atoms with Crippen LogP contribution in [-0.4, -0.2) is 10.1 Å². The molecule has 0 spiro atoms. The van der Waals surface area contributed by atoms with Crippen molar-refractivity contribution in [3.8, 4) is 5.88 Å². The molecule has 0 saturated heterocycles. The van der Waals surface area contributed by atoms with Gasteiger partial charge in [-0.15, -0.1) is 4.91 Å². The van der Waals surface area contributed by atoms with Crippen LogP contribution in [0.4, 0.5) is 18.9 Å². The zero-order chi connectivity index (χ0) is 11.9. The van der Waals surface area contributed by atoms with E-state index in [-0.39, 0.29) is 5.52 Å². The monoisotopic (exact) mass is 230 g/mol. The number of benzene rings is 1. The summed E-state index contributed by atoms with van der Waals surface area (Å²) in [5.74, 6) is -0.665. The van der Waals surface area contributed by atoms with Crippen LogP contribution in [0.2, 0.25) is 0 Å². The Morgan fingerprint density at radius 1 is 1.31 bits per heavy atom. The van der Waals surface area contributed by atoms with Gasteiger partial charge in [-0.3, -0.25) is 0 Å². The van der Waals surface area contributed by atoms with Gasteiger partial charge >= 0.3 is 6.18 Å². The molecule has 0 radical (unpaired) electrons. The first kappa shape index (κ1) is 10.5. The lowest BCUT2D eigenvalue weighted by molar-refractivity contribution is -0.136. The Morgan fingerprint density at radius 2 is 2.00 bits per heavy atom. The molecular weight excluding hydrogens is 225 g/mol. The first-order valence-corrected chi connectivity index (χ1v) is 4.19. The second-order valence-electron chi connectivity index (χ2n) is 3.14. The van der Waals surface area contributed by atoms with Crippen LogP contribution in [0.3, 0.4) is 0 Å². The Balaban J connectivity index is 2.90. The highest BCUT2D eigenvalue weighted by Crippen LogP contribution is 2.42. The van der Waals surface area contributed by atoms with Crippen molar-refractivity contribution in [3.63, 3.8) is 0 Å². The minimum absolute atomic E-state index is 0.0157. The first-order valence-electron chi connectivity index (χ1n) is 4.19. The van der Waals surface area contributed by atoms with E-state index in [1.807, 2.05) is 0 Å². The number of aromatic amines is 1. The summed E-state index contributed by atoms with van der Waals surface area (Å²) < 4.78 is 37.8. The van der Waals surface area contributed by atoms with Gasteiger partial charge in [0.05, 0.1) is 11.1 Å². The standard InChI is InChI=1S/C9H5F3N2O2/c10-9(11,12)4-2-1-3-5-6(4)7(14-16)8(15)13-5/h1-3,13,15H. The summed E-state index contributed by atoms with van der Waals surface area (Å²) in [5, 5.41) is 11.2. The highest BCUT2D eigenvalue weighted by molar-refractivity contribution is 5.97. The number of hydrogen-bond acceptors (Lipinski definition) is 3. The van der Waals surface area contributed by atoms with E-state index in [1.54, 1.807) is 0 Å². The fourth-order valence-electron chi connectivity index (χ4n) is 1.54. The number of aromatic nitrogens is 1. The summed E-state index contributed by atoms with van der Waals surface area (Å²) in [6, 6.07) is 3.32. The highest BCUT2D eigenvalue weighted by atomic mass is 19.4. The number of H-pyrrole nitrogens is 1. The van der Waals surface area contributed by atoms with Crippen LogP contribution < -0.4 is 0 Å². The molecule has 0 unspecified atom stereocenters. The van der Waals surface area contributed by atoms with E-state index >= 15 is 0 Å². The Hall–Kier alpha value is -2.05. The van der Waals surface area contributed by atoms with Crippen molar-refractivity contribution in [3.05, 3.63) is 28.7 Å². The van der Waals surface area contributed by atoms with E-state index in [2.05, 4.69) is 10.2 Å². The maximum absolute atomic E-state index is 12.6. The Kier molecular flexibility index (Phi) is 2.11. The number of hydrogen-bond donors (Lipinski definition) is 2. The van der Waals surface area contributed by atoms with Crippen molar-refractivity contribution >= 4 is 16.6 Å². The SMILES string of the molecule is O=Nc1c(O)[nH]c2cccc(C(F)(F)F)c12. The van der Waals surface area contributed by atoms with Gasteiger partial charge in [-0.05, 0) is 17.3 Å². The third kappa shape index (κ3) is 1.40. The molecule has 0 bridgehead atoms. The smallest absolute Gasteiger partial charge is 0.417 e. The first-order chi connectivity index (χ1) is 7.45. The fourth-order valence-corrected chi connectivity index (χ4v) is 1.54. The largest absolute Gasteiger partial charge is 0.493 e.